The highest BCUT2D eigenvalue weighted by Crippen LogP contribution is 2.49. The van der Waals surface area contributed by atoms with Gasteiger partial charge in [-0.3, -0.25) is 13.9 Å². The van der Waals surface area contributed by atoms with Crippen molar-refractivity contribution < 1.29 is 37.4 Å². The van der Waals surface area contributed by atoms with Gasteiger partial charge in [-0.05, 0) is 26.0 Å². The molecule has 0 bridgehead atoms. The maximum atomic E-state index is 15.7. The molecular weight excluding hydrogens is 570 g/mol. The summed E-state index contributed by atoms with van der Waals surface area (Å²) in [7, 11) is 0.414. The summed E-state index contributed by atoms with van der Waals surface area (Å²) in [5, 5.41) is 13.5. The monoisotopic (exact) mass is 600 g/mol. The summed E-state index contributed by atoms with van der Waals surface area (Å²) in [6.45, 7) is 2.42. The molecule has 13 nitrogen and oxygen atoms in total. The van der Waals surface area contributed by atoms with Crippen LogP contribution in [0.3, 0.4) is 0 Å². The van der Waals surface area contributed by atoms with Gasteiger partial charge in [0.2, 0.25) is 0 Å². The molecule has 1 aliphatic heterocycles. The largest absolute Gasteiger partial charge is 0.468 e. The number of carbonyl (C=O) groups excluding carboxylic acids is 1. The smallest absolute Gasteiger partial charge is 0.459 e. The number of anilines is 1. The fourth-order valence-electron chi connectivity index (χ4n) is 4.18. The van der Waals surface area contributed by atoms with Crippen LogP contribution in [0.4, 0.5) is 10.2 Å². The lowest BCUT2D eigenvalue weighted by atomic mass is 9.99. The number of para-hydroxylation sites is 1. The van der Waals surface area contributed by atoms with E-state index in [1.54, 1.807) is 44.1 Å². The zero-order valence-electron chi connectivity index (χ0n) is 22.5. The van der Waals surface area contributed by atoms with Crippen molar-refractivity contribution in [3.8, 4) is 5.75 Å². The van der Waals surface area contributed by atoms with Crippen molar-refractivity contribution in [3.63, 3.8) is 0 Å². The average Bonchev–Trinajstić information content (AvgIpc) is 3.45. The predicted octanol–water partition coefficient (Wildman–Crippen LogP) is 2.76. The topological polar surface area (TPSA) is 150 Å². The Hall–Kier alpha value is -2.87. The molecule has 4 rings (SSSR count). The van der Waals surface area contributed by atoms with Gasteiger partial charge in [-0.15, -0.1) is 11.6 Å². The number of aromatic nitrogens is 4. The number of benzene rings is 1. The Morgan fingerprint density at radius 3 is 2.67 bits per heavy atom. The first-order valence-corrected chi connectivity index (χ1v) is 14.3. The lowest BCUT2D eigenvalue weighted by Gasteiger charge is -2.31. The molecule has 0 radical (unpaired) electrons. The van der Waals surface area contributed by atoms with Gasteiger partial charge in [-0.1, -0.05) is 18.2 Å². The Morgan fingerprint density at radius 1 is 1.35 bits per heavy atom. The highest BCUT2D eigenvalue weighted by molar-refractivity contribution is 7.52. The predicted molar refractivity (Wildman–Crippen MR) is 144 cm³/mol. The number of nitrogens with one attached hydrogen (secondary N) is 1. The summed E-state index contributed by atoms with van der Waals surface area (Å²) >= 11 is 6.22. The van der Waals surface area contributed by atoms with Gasteiger partial charge < -0.3 is 24.0 Å². The summed E-state index contributed by atoms with van der Waals surface area (Å²) < 4.78 is 52.7. The molecule has 3 aromatic rings. The molecule has 6 atom stereocenters. The normalized spacial score (nSPS) is 24.9. The van der Waals surface area contributed by atoms with Crippen LogP contribution in [0.1, 0.15) is 19.0 Å². The minimum atomic E-state index is -4.33. The van der Waals surface area contributed by atoms with E-state index >= 15 is 4.39 Å². The number of alkyl halides is 2. The van der Waals surface area contributed by atoms with Crippen LogP contribution in [-0.4, -0.2) is 88.2 Å². The molecule has 0 unspecified atom stereocenters. The number of ether oxygens (including phenoxy) is 2. The Morgan fingerprint density at radius 2 is 2.05 bits per heavy atom. The van der Waals surface area contributed by atoms with Crippen LogP contribution in [-0.2, 0) is 23.4 Å². The number of imidazole rings is 1. The zero-order valence-corrected chi connectivity index (χ0v) is 24.2. The SMILES string of the molecule is COC(=O)[C@H](C)N[P@](=O)(OC[C@@]1(CCl)O[C@@H](n2cnc3c(N(C)C)nc(C)nc32)[C@H](F)[C@@H]1O)Oc1ccccc1. The fourth-order valence-corrected chi connectivity index (χ4v) is 6.02. The van der Waals surface area contributed by atoms with Crippen LogP contribution in [0.2, 0.25) is 0 Å². The number of aryl methyl sites for hydroxylation is 1. The second kappa shape index (κ2) is 11.9. The van der Waals surface area contributed by atoms with E-state index in [2.05, 4.69) is 24.8 Å². The lowest BCUT2D eigenvalue weighted by Crippen LogP contribution is -2.48. The van der Waals surface area contributed by atoms with E-state index < -0.39 is 56.3 Å². The molecule has 0 aliphatic carbocycles. The van der Waals surface area contributed by atoms with Crippen molar-refractivity contribution in [2.45, 2.75) is 44.0 Å². The maximum Gasteiger partial charge on any atom is 0.459 e. The Balaban J connectivity index is 1.63. The summed E-state index contributed by atoms with van der Waals surface area (Å²) in [4.78, 5) is 26.9. The molecule has 40 heavy (non-hydrogen) atoms. The second-order valence-electron chi connectivity index (χ2n) is 9.46. The van der Waals surface area contributed by atoms with E-state index in [4.69, 9.17) is 25.4 Å². The summed E-state index contributed by atoms with van der Waals surface area (Å²) in [6, 6.07) is 6.98. The third-order valence-electron chi connectivity index (χ3n) is 6.26. The van der Waals surface area contributed by atoms with Crippen molar-refractivity contribution in [1.82, 2.24) is 24.6 Å². The Bertz CT molecular complexity index is 1400. The molecule has 2 aromatic heterocycles. The molecule has 0 saturated carbocycles. The minimum Gasteiger partial charge on any atom is -0.468 e. The average molecular weight is 601 g/mol. The molecule has 2 N–H and O–H groups in total. The first-order chi connectivity index (χ1) is 18.9. The van der Waals surface area contributed by atoms with Gasteiger partial charge in [0, 0.05) is 14.1 Å². The third-order valence-corrected chi connectivity index (χ3v) is 8.34. The van der Waals surface area contributed by atoms with E-state index in [0.29, 0.717) is 17.2 Å². The number of aliphatic hydroxyl groups is 1. The lowest BCUT2D eigenvalue weighted by molar-refractivity contribution is -0.142. The summed E-state index contributed by atoms with van der Waals surface area (Å²) in [5.74, 6) is -0.0568. The van der Waals surface area contributed by atoms with Crippen LogP contribution in [0, 0.1) is 6.92 Å². The molecule has 3 heterocycles. The number of esters is 1. The third kappa shape index (κ3) is 5.92. The molecule has 0 spiro atoms. The van der Waals surface area contributed by atoms with Crippen molar-refractivity contribution >= 4 is 42.3 Å². The first kappa shape index (κ1) is 30.1. The second-order valence-corrected chi connectivity index (χ2v) is 11.4. The molecule has 1 aromatic carbocycles. The number of hydrogen-bond acceptors (Lipinski definition) is 11. The molecule has 1 fully saturated rings. The van der Waals surface area contributed by atoms with Crippen LogP contribution < -0.4 is 14.5 Å². The van der Waals surface area contributed by atoms with Gasteiger partial charge >= 0.3 is 13.7 Å². The highest BCUT2D eigenvalue weighted by atomic mass is 35.5. The first-order valence-electron chi connectivity index (χ1n) is 12.2. The van der Waals surface area contributed by atoms with Gasteiger partial charge in [0.25, 0.3) is 0 Å². The maximum absolute atomic E-state index is 15.7. The van der Waals surface area contributed by atoms with Gasteiger partial charge in [0.15, 0.2) is 29.4 Å². The molecule has 218 valence electrons. The van der Waals surface area contributed by atoms with Crippen molar-refractivity contribution in [2.75, 3.05) is 38.6 Å². The summed E-state index contributed by atoms with van der Waals surface area (Å²) in [5.41, 5.74) is -1.17. The number of fused-ring (bicyclic) bond motifs is 1. The molecule has 0 amide bonds. The van der Waals surface area contributed by atoms with Gasteiger partial charge in [0.1, 0.15) is 29.3 Å². The number of methoxy groups -OCH3 is 1. The van der Waals surface area contributed by atoms with Crippen LogP contribution in [0.15, 0.2) is 36.7 Å². The highest BCUT2D eigenvalue weighted by Gasteiger charge is 2.57. The van der Waals surface area contributed by atoms with Crippen LogP contribution in [0.5, 0.6) is 5.75 Å². The number of rotatable bonds is 11. The Kier molecular flexibility index (Phi) is 8.98. The Labute approximate surface area is 235 Å². The number of carbonyl (C=O) groups is 1. The summed E-state index contributed by atoms with van der Waals surface area (Å²) in [6.07, 6.45) is -3.85. The molecular formula is C24H31ClFN6O7P. The molecule has 16 heteroatoms. The van der Waals surface area contributed by atoms with E-state index in [1.807, 2.05) is 0 Å². The van der Waals surface area contributed by atoms with Gasteiger partial charge in [-0.2, -0.15) is 5.09 Å². The standard InChI is InChI=1S/C24H31ClFN6O7P/c1-14(23(34)36-5)30-40(35,39-16-9-7-6-8-10-16)37-12-24(11-25)19(33)17(26)22(38-24)32-13-27-18-20(31(3)4)28-15(2)29-21(18)32/h6-10,13-14,17,19,22,33H,11-12H2,1-5H3,(H,30,35)/t14-,17+,19-,22+,24+,40-/m0/s1. The van der Waals surface area contributed by atoms with E-state index in [9.17, 15) is 14.5 Å². The van der Waals surface area contributed by atoms with E-state index in [-0.39, 0.29) is 11.4 Å². The van der Waals surface area contributed by atoms with Crippen LogP contribution in [0.25, 0.3) is 11.2 Å². The van der Waals surface area contributed by atoms with E-state index in [1.165, 1.54) is 37.1 Å². The number of aliphatic hydroxyl groups excluding tert-OH is 1. The zero-order chi connectivity index (χ0) is 29.2. The van der Waals surface area contributed by atoms with Crippen molar-refractivity contribution in [2.24, 2.45) is 0 Å². The van der Waals surface area contributed by atoms with Crippen molar-refractivity contribution in [1.29, 1.82) is 0 Å². The molecule has 1 saturated heterocycles. The van der Waals surface area contributed by atoms with Crippen LogP contribution >= 0.6 is 19.3 Å². The minimum absolute atomic E-state index is 0.168. The quantitative estimate of drug-likeness (QED) is 0.189. The number of hydrogen-bond donors (Lipinski definition) is 2. The number of halogens is 2. The van der Waals surface area contributed by atoms with Crippen molar-refractivity contribution in [3.05, 3.63) is 42.5 Å². The number of nitrogens with zero attached hydrogens (tertiary/aromatic N) is 5. The van der Waals surface area contributed by atoms with Gasteiger partial charge in [0.05, 0.1) is 25.9 Å². The molecule has 1 aliphatic rings. The van der Waals surface area contributed by atoms with Gasteiger partial charge in [-0.25, -0.2) is 23.9 Å². The van der Waals surface area contributed by atoms with E-state index in [0.717, 1.165) is 0 Å². The fraction of sp³-hybridized carbons (Fsp3) is 0.500.